The lowest BCUT2D eigenvalue weighted by atomic mass is 9.97. The zero-order valence-electron chi connectivity index (χ0n) is 13.7. The normalized spacial score (nSPS) is 20.3. The summed E-state index contributed by atoms with van der Waals surface area (Å²) in [7, 11) is 4.10. The highest BCUT2D eigenvalue weighted by molar-refractivity contribution is 5.33. The molecule has 1 aliphatic rings. The maximum Gasteiger partial charge on any atom is 0.416 e. The molecule has 1 saturated heterocycles. The Morgan fingerprint density at radius 2 is 1.91 bits per heavy atom. The second-order valence-electron chi connectivity index (χ2n) is 6.76. The van der Waals surface area contributed by atoms with Gasteiger partial charge in [0, 0.05) is 25.7 Å². The SMILES string of the molecule is CC(C)c1cc(CN2CCC(N(C)C)C2)cc(C(F)(F)F)c1. The molecule has 0 spiro atoms. The number of benzene rings is 1. The van der Waals surface area contributed by atoms with Crippen LogP contribution < -0.4 is 0 Å². The molecule has 0 saturated carbocycles. The van der Waals surface area contributed by atoms with Gasteiger partial charge in [-0.05, 0) is 49.7 Å². The van der Waals surface area contributed by atoms with Crippen LogP contribution in [0.3, 0.4) is 0 Å². The summed E-state index contributed by atoms with van der Waals surface area (Å²) >= 11 is 0. The maximum absolute atomic E-state index is 13.1. The zero-order chi connectivity index (χ0) is 16.5. The van der Waals surface area contributed by atoms with Gasteiger partial charge in [-0.25, -0.2) is 0 Å². The molecule has 0 bridgehead atoms. The average molecular weight is 314 g/mol. The van der Waals surface area contributed by atoms with E-state index in [1.165, 1.54) is 12.1 Å². The van der Waals surface area contributed by atoms with Crippen molar-refractivity contribution in [3.05, 3.63) is 34.9 Å². The summed E-state index contributed by atoms with van der Waals surface area (Å²) in [6.07, 6.45) is -3.21. The number of rotatable bonds is 4. The highest BCUT2D eigenvalue weighted by Crippen LogP contribution is 2.33. The Kier molecular flexibility index (Phi) is 5.17. The smallest absolute Gasteiger partial charge is 0.305 e. The number of hydrogen-bond donors (Lipinski definition) is 0. The summed E-state index contributed by atoms with van der Waals surface area (Å²) in [4.78, 5) is 4.43. The van der Waals surface area contributed by atoms with Crippen molar-refractivity contribution in [2.75, 3.05) is 27.2 Å². The minimum atomic E-state index is -4.28. The van der Waals surface area contributed by atoms with Crippen molar-refractivity contribution in [1.82, 2.24) is 9.80 Å². The number of hydrogen-bond acceptors (Lipinski definition) is 2. The molecular formula is C17H25F3N2. The Hall–Kier alpha value is -1.07. The van der Waals surface area contributed by atoms with Gasteiger partial charge in [0.2, 0.25) is 0 Å². The number of alkyl halides is 3. The van der Waals surface area contributed by atoms with E-state index in [4.69, 9.17) is 0 Å². The molecule has 1 aliphatic heterocycles. The van der Waals surface area contributed by atoms with Crippen LogP contribution in [0.2, 0.25) is 0 Å². The largest absolute Gasteiger partial charge is 0.416 e. The fraction of sp³-hybridized carbons (Fsp3) is 0.647. The van der Waals surface area contributed by atoms with Gasteiger partial charge in [0.1, 0.15) is 0 Å². The van der Waals surface area contributed by atoms with Gasteiger partial charge in [0.25, 0.3) is 0 Å². The van der Waals surface area contributed by atoms with Crippen LogP contribution in [0.4, 0.5) is 13.2 Å². The predicted molar refractivity (Wildman–Crippen MR) is 82.9 cm³/mol. The molecule has 1 heterocycles. The number of likely N-dealkylation sites (N-methyl/N-ethyl adjacent to an activating group) is 1. The van der Waals surface area contributed by atoms with Crippen molar-refractivity contribution in [2.24, 2.45) is 0 Å². The molecule has 2 rings (SSSR count). The summed E-state index contributed by atoms with van der Waals surface area (Å²) in [5.74, 6) is 0.0918. The van der Waals surface area contributed by atoms with Crippen LogP contribution in [-0.4, -0.2) is 43.0 Å². The Balaban J connectivity index is 2.18. The van der Waals surface area contributed by atoms with E-state index in [-0.39, 0.29) is 5.92 Å². The van der Waals surface area contributed by atoms with Gasteiger partial charge >= 0.3 is 6.18 Å². The van der Waals surface area contributed by atoms with Gasteiger partial charge < -0.3 is 4.90 Å². The minimum Gasteiger partial charge on any atom is -0.305 e. The van der Waals surface area contributed by atoms with Crippen LogP contribution >= 0.6 is 0 Å². The molecule has 0 radical (unpaired) electrons. The van der Waals surface area contributed by atoms with E-state index in [2.05, 4.69) is 23.9 Å². The van der Waals surface area contributed by atoms with Crippen LogP contribution in [0.1, 0.15) is 42.9 Å². The monoisotopic (exact) mass is 314 g/mol. The molecule has 0 aromatic heterocycles. The molecule has 1 unspecified atom stereocenters. The molecular weight excluding hydrogens is 289 g/mol. The van der Waals surface area contributed by atoms with Gasteiger partial charge in [-0.2, -0.15) is 13.2 Å². The molecule has 0 N–H and O–H groups in total. The third-order valence-corrected chi connectivity index (χ3v) is 4.39. The van der Waals surface area contributed by atoms with Crippen molar-refractivity contribution in [3.8, 4) is 0 Å². The molecule has 1 aromatic carbocycles. The summed E-state index contributed by atoms with van der Waals surface area (Å²) in [6.45, 7) is 6.30. The summed E-state index contributed by atoms with van der Waals surface area (Å²) in [5, 5.41) is 0. The lowest BCUT2D eigenvalue weighted by molar-refractivity contribution is -0.137. The second-order valence-corrected chi connectivity index (χ2v) is 6.76. The fourth-order valence-corrected chi connectivity index (χ4v) is 2.94. The Morgan fingerprint density at radius 3 is 2.41 bits per heavy atom. The molecule has 124 valence electrons. The lowest BCUT2D eigenvalue weighted by Crippen LogP contribution is -2.31. The van der Waals surface area contributed by atoms with Gasteiger partial charge in [-0.15, -0.1) is 0 Å². The average Bonchev–Trinajstić information content (AvgIpc) is 2.86. The predicted octanol–water partition coefficient (Wildman–Crippen LogP) is 3.96. The molecule has 0 amide bonds. The van der Waals surface area contributed by atoms with Crippen LogP contribution in [0.5, 0.6) is 0 Å². The molecule has 1 atom stereocenters. The van der Waals surface area contributed by atoms with E-state index in [1.54, 1.807) is 0 Å². The van der Waals surface area contributed by atoms with Crippen molar-refractivity contribution in [1.29, 1.82) is 0 Å². The first-order valence-electron chi connectivity index (χ1n) is 7.76. The summed E-state index contributed by atoms with van der Waals surface area (Å²) in [5.41, 5.74) is 0.989. The Labute approximate surface area is 130 Å². The van der Waals surface area contributed by atoms with Crippen LogP contribution in [0.25, 0.3) is 0 Å². The van der Waals surface area contributed by atoms with Crippen LogP contribution in [0, 0.1) is 0 Å². The highest BCUT2D eigenvalue weighted by atomic mass is 19.4. The molecule has 1 fully saturated rings. The van der Waals surface area contributed by atoms with Gasteiger partial charge in [0.05, 0.1) is 5.56 Å². The quantitative estimate of drug-likeness (QED) is 0.830. The summed E-state index contributed by atoms with van der Waals surface area (Å²) < 4.78 is 39.2. The highest BCUT2D eigenvalue weighted by Gasteiger charge is 2.32. The molecule has 2 nitrogen and oxygen atoms in total. The van der Waals surface area contributed by atoms with E-state index < -0.39 is 11.7 Å². The van der Waals surface area contributed by atoms with Crippen molar-refractivity contribution in [2.45, 2.75) is 44.9 Å². The second kappa shape index (κ2) is 6.59. The van der Waals surface area contributed by atoms with E-state index >= 15 is 0 Å². The van der Waals surface area contributed by atoms with E-state index in [0.717, 1.165) is 30.6 Å². The fourth-order valence-electron chi connectivity index (χ4n) is 2.94. The first kappa shape index (κ1) is 17.3. The third kappa shape index (κ3) is 4.23. The third-order valence-electron chi connectivity index (χ3n) is 4.39. The topological polar surface area (TPSA) is 6.48 Å². The maximum atomic E-state index is 13.1. The number of halogens is 3. The molecule has 1 aromatic rings. The Bertz CT molecular complexity index is 509. The standard InChI is InChI=1S/C17H25F3N2/c1-12(2)14-7-13(8-15(9-14)17(18,19)20)10-22-6-5-16(11-22)21(3)4/h7-9,12,16H,5-6,10-11H2,1-4H3. The van der Waals surface area contributed by atoms with Crippen molar-refractivity contribution in [3.63, 3.8) is 0 Å². The Morgan fingerprint density at radius 1 is 1.23 bits per heavy atom. The number of nitrogens with zero attached hydrogens (tertiary/aromatic N) is 2. The first-order valence-corrected chi connectivity index (χ1v) is 7.76. The minimum absolute atomic E-state index is 0.0918. The van der Waals surface area contributed by atoms with Crippen LogP contribution in [0.15, 0.2) is 18.2 Å². The van der Waals surface area contributed by atoms with E-state index in [1.807, 2.05) is 19.9 Å². The lowest BCUT2D eigenvalue weighted by Gasteiger charge is -2.21. The zero-order valence-corrected chi connectivity index (χ0v) is 13.7. The molecule has 0 aliphatic carbocycles. The molecule has 5 heteroatoms. The van der Waals surface area contributed by atoms with Gasteiger partial charge in [-0.3, -0.25) is 4.90 Å². The summed E-state index contributed by atoms with van der Waals surface area (Å²) in [6, 6.07) is 4.99. The van der Waals surface area contributed by atoms with E-state index in [0.29, 0.717) is 12.6 Å². The van der Waals surface area contributed by atoms with E-state index in [9.17, 15) is 13.2 Å². The van der Waals surface area contributed by atoms with Crippen molar-refractivity contribution >= 4 is 0 Å². The van der Waals surface area contributed by atoms with Gasteiger partial charge in [0.15, 0.2) is 0 Å². The first-order chi connectivity index (χ1) is 10.2. The van der Waals surface area contributed by atoms with Gasteiger partial charge in [-0.1, -0.05) is 19.9 Å². The van der Waals surface area contributed by atoms with Crippen LogP contribution in [-0.2, 0) is 12.7 Å². The van der Waals surface area contributed by atoms with Crippen molar-refractivity contribution < 1.29 is 13.2 Å². The number of likely N-dealkylation sites (tertiary alicyclic amines) is 1. The molecule has 22 heavy (non-hydrogen) atoms.